The van der Waals surface area contributed by atoms with Crippen LogP contribution < -0.4 is 10.1 Å². The zero-order chi connectivity index (χ0) is 18.9. The summed E-state index contributed by atoms with van der Waals surface area (Å²) in [5.41, 5.74) is 0.598. The third kappa shape index (κ3) is 5.84. The van der Waals surface area contributed by atoms with Gasteiger partial charge in [-0.2, -0.15) is 0 Å². The molecule has 1 aliphatic rings. The molecule has 0 bridgehead atoms. The summed E-state index contributed by atoms with van der Waals surface area (Å²) in [4.78, 5) is 26.1. The average molecular weight is 366 g/mol. The molecular weight excluding hydrogens is 340 g/mol. The van der Waals surface area contributed by atoms with Gasteiger partial charge in [0.2, 0.25) is 5.91 Å². The van der Waals surface area contributed by atoms with Gasteiger partial charge >= 0.3 is 0 Å². The fraction of sp³-hybridized carbons (Fsp3) is 0.364. The second-order valence-electron chi connectivity index (χ2n) is 6.74. The van der Waals surface area contributed by atoms with Gasteiger partial charge in [0.15, 0.2) is 0 Å². The van der Waals surface area contributed by atoms with Gasteiger partial charge in [0.1, 0.15) is 11.5 Å². The van der Waals surface area contributed by atoms with Crippen LogP contribution in [0.2, 0.25) is 0 Å². The summed E-state index contributed by atoms with van der Waals surface area (Å²) in [5.74, 6) is 1.59. The molecule has 2 aromatic carbocycles. The number of carbonyl (C=O) groups excluding carboxylic acids is 2. The SMILES string of the molecule is O=C(NCCCN1CCCCCC1=O)c1ccc(Oc2ccccc2)cc1. The minimum absolute atomic E-state index is 0.108. The first-order chi connectivity index (χ1) is 13.2. The predicted octanol–water partition coefficient (Wildman–Crippen LogP) is 4.00. The van der Waals surface area contributed by atoms with E-state index in [2.05, 4.69) is 5.32 Å². The van der Waals surface area contributed by atoms with Gasteiger partial charge in [-0.1, -0.05) is 24.6 Å². The Morgan fingerprint density at radius 2 is 1.70 bits per heavy atom. The predicted molar refractivity (Wildman–Crippen MR) is 105 cm³/mol. The van der Waals surface area contributed by atoms with Crippen LogP contribution in [-0.2, 0) is 4.79 Å². The summed E-state index contributed by atoms with van der Waals surface area (Å²) in [5, 5.41) is 2.92. The molecule has 0 atom stereocenters. The molecule has 27 heavy (non-hydrogen) atoms. The van der Waals surface area contributed by atoms with Crippen molar-refractivity contribution in [3.63, 3.8) is 0 Å². The van der Waals surface area contributed by atoms with Crippen LogP contribution in [0.15, 0.2) is 54.6 Å². The minimum Gasteiger partial charge on any atom is -0.457 e. The van der Waals surface area contributed by atoms with E-state index in [-0.39, 0.29) is 11.8 Å². The molecule has 2 amide bonds. The molecule has 1 fully saturated rings. The summed E-state index contributed by atoms with van der Waals surface area (Å²) in [6.07, 6.45) is 4.63. The smallest absolute Gasteiger partial charge is 0.251 e. The molecule has 142 valence electrons. The number of rotatable bonds is 7. The zero-order valence-corrected chi connectivity index (χ0v) is 15.5. The van der Waals surface area contributed by atoms with E-state index in [9.17, 15) is 9.59 Å². The monoisotopic (exact) mass is 366 g/mol. The number of nitrogens with one attached hydrogen (secondary N) is 1. The van der Waals surface area contributed by atoms with E-state index in [1.807, 2.05) is 35.2 Å². The van der Waals surface area contributed by atoms with E-state index >= 15 is 0 Å². The van der Waals surface area contributed by atoms with E-state index in [1.54, 1.807) is 24.3 Å². The Morgan fingerprint density at radius 3 is 2.48 bits per heavy atom. The fourth-order valence-corrected chi connectivity index (χ4v) is 3.15. The van der Waals surface area contributed by atoms with Crippen LogP contribution in [0, 0.1) is 0 Å². The molecule has 0 radical (unpaired) electrons. The highest BCUT2D eigenvalue weighted by Crippen LogP contribution is 2.21. The first-order valence-electron chi connectivity index (χ1n) is 9.61. The topological polar surface area (TPSA) is 58.6 Å². The molecule has 1 saturated heterocycles. The van der Waals surface area contributed by atoms with E-state index in [0.717, 1.165) is 38.0 Å². The van der Waals surface area contributed by atoms with Gasteiger partial charge in [-0.3, -0.25) is 9.59 Å². The molecule has 1 aliphatic heterocycles. The number of likely N-dealkylation sites (tertiary alicyclic amines) is 1. The summed E-state index contributed by atoms with van der Waals surface area (Å²) >= 11 is 0. The second-order valence-corrected chi connectivity index (χ2v) is 6.74. The Kier molecular flexibility index (Phi) is 6.85. The fourth-order valence-electron chi connectivity index (χ4n) is 3.15. The maximum absolute atomic E-state index is 12.3. The number of amides is 2. The quantitative estimate of drug-likeness (QED) is 0.754. The van der Waals surface area contributed by atoms with Crippen molar-refractivity contribution < 1.29 is 14.3 Å². The van der Waals surface area contributed by atoms with Crippen LogP contribution >= 0.6 is 0 Å². The zero-order valence-electron chi connectivity index (χ0n) is 15.5. The normalized spacial score (nSPS) is 14.5. The van der Waals surface area contributed by atoms with Crippen molar-refractivity contribution in [2.45, 2.75) is 32.1 Å². The molecule has 2 aromatic rings. The lowest BCUT2D eigenvalue weighted by atomic mass is 10.2. The maximum Gasteiger partial charge on any atom is 0.251 e. The van der Waals surface area contributed by atoms with Gasteiger partial charge in [-0.05, 0) is 55.7 Å². The van der Waals surface area contributed by atoms with Crippen LogP contribution in [0.1, 0.15) is 42.5 Å². The van der Waals surface area contributed by atoms with Crippen LogP contribution in [-0.4, -0.2) is 36.3 Å². The standard InChI is InChI=1S/C22H26N2O3/c25-21-10-5-2-6-16-24(21)17-7-15-23-22(26)18-11-13-20(14-12-18)27-19-8-3-1-4-9-19/h1,3-4,8-9,11-14H,2,5-7,10,15-17H2,(H,23,26). The largest absolute Gasteiger partial charge is 0.457 e. The van der Waals surface area contributed by atoms with E-state index in [0.29, 0.717) is 30.8 Å². The number of hydrogen-bond acceptors (Lipinski definition) is 3. The molecule has 0 unspecified atom stereocenters. The van der Waals surface area contributed by atoms with Crippen molar-refractivity contribution in [2.24, 2.45) is 0 Å². The van der Waals surface area contributed by atoms with Crippen LogP contribution in [0.3, 0.4) is 0 Å². The second kappa shape index (κ2) is 9.76. The summed E-state index contributed by atoms with van der Waals surface area (Å²) < 4.78 is 5.73. The van der Waals surface area contributed by atoms with Crippen LogP contribution in [0.5, 0.6) is 11.5 Å². The van der Waals surface area contributed by atoms with Crippen molar-refractivity contribution >= 4 is 11.8 Å². The molecule has 0 spiro atoms. The maximum atomic E-state index is 12.3. The third-order valence-electron chi connectivity index (χ3n) is 4.66. The van der Waals surface area contributed by atoms with Gasteiger partial charge in [0.05, 0.1) is 0 Å². The van der Waals surface area contributed by atoms with Crippen molar-refractivity contribution in [3.05, 3.63) is 60.2 Å². The lowest BCUT2D eigenvalue weighted by Crippen LogP contribution is -2.33. The Bertz CT molecular complexity index is 744. The summed E-state index contributed by atoms with van der Waals surface area (Å²) in [7, 11) is 0. The number of hydrogen-bond donors (Lipinski definition) is 1. The minimum atomic E-state index is -0.108. The van der Waals surface area contributed by atoms with Crippen molar-refractivity contribution in [1.82, 2.24) is 10.2 Å². The molecule has 0 saturated carbocycles. The van der Waals surface area contributed by atoms with E-state index < -0.39 is 0 Å². The van der Waals surface area contributed by atoms with E-state index in [1.165, 1.54) is 0 Å². The average Bonchev–Trinajstić information content (AvgIpc) is 2.90. The Morgan fingerprint density at radius 1 is 0.963 bits per heavy atom. The lowest BCUT2D eigenvalue weighted by molar-refractivity contribution is -0.130. The number of carbonyl (C=O) groups is 2. The number of ether oxygens (including phenoxy) is 1. The Balaban J connectivity index is 1.42. The van der Waals surface area contributed by atoms with Crippen molar-refractivity contribution in [3.8, 4) is 11.5 Å². The van der Waals surface area contributed by atoms with Crippen LogP contribution in [0.4, 0.5) is 0 Å². The highest BCUT2D eigenvalue weighted by atomic mass is 16.5. The van der Waals surface area contributed by atoms with Gasteiger partial charge < -0.3 is 15.0 Å². The first kappa shape index (κ1) is 19.0. The van der Waals surface area contributed by atoms with Crippen molar-refractivity contribution in [1.29, 1.82) is 0 Å². The van der Waals surface area contributed by atoms with Crippen LogP contribution in [0.25, 0.3) is 0 Å². The van der Waals surface area contributed by atoms with Gasteiger partial charge in [0.25, 0.3) is 5.91 Å². The van der Waals surface area contributed by atoms with Gasteiger partial charge in [-0.25, -0.2) is 0 Å². The molecule has 1 heterocycles. The van der Waals surface area contributed by atoms with Gasteiger partial charge in [0, 0.05) is 31.6 Å². The molecule has 3 rings (SSSR count). The number of para-hydroxylation sites is 1. The molecule has 5 heteroatoms. The number of benzene rings is 2. The van der Waals surface area contributed by atoms with E-state index in [4.69, 9.17) is 4.74 Å². The Labute approximate surface area is 160 Å². The first-order valence-corrected chi connectivity index (χ1v) is 9.61. The third-order valence-corrected chi connectivity index (χ3v) is 4.66. The summed E-state index contributed by atoms with van der Waals surface area (Å²) in [6, 6.07) is 16.6. The molecule has 1 N–H and O–H groups in total. The molecule has 0 aliphatic carbocycles. The lowest BCUT2D eigenvalue weighted by Gasteiger charge is -2.20. The highest BCUT2D eigenvalue weighted by molar-refractivity contribution is 5.94. The van der Waals surface area contributed by atoms with Crippen molar-refractivity contribution in [2.75, 3.05) is 19.6 Å². The number of nitrogens with zero attached hydrogens (tertiary/aromatic N) is 1. The Hall–Kier alpha value is -2.82. The molecule has 5 nitrogen and oxygen atoms in total. The summed E-state index contributed by atoms with van der Waals surface area (Å²) in [6.45, 7) is 2.11. The molecular formula is C22H26N2O3. The highest BCUT2D eigenvalue weighted by Gasteiger charge is 2.15. The van der Waals surface area contributed by atoms with Gasteiger partial charge in [-0.15, -0.1) is 0 Å². The molecule has 0 aromatic heterocycles.